The third-order valence-corrected chi connectivity index (χ3v) is 6.24. The molecule has 3 rings (SSSR count). The Labute approximate surface area is 170 Å². The molecule has 1 aromatic heterocycles. The van der Waals surface area contributed by atoms with E-state index in [2.05, 4.69) is 15.7 Å². The van der Waals surface area contributed by atoms with Crippen molar-refractivity contribution in [2.75, 3.05) is 14.1 Å². The highest BCUT2D eigenvalue weighted by Crippen LogP contribution is 2.18. The van der Waals surface area contributed by atoms with E-state index < -0.39 is 10.0 Å². The number of rotatable bonds is 7. The zero-order chi connectivity index (χ0) is 20.9. The van der Waals surface area contributed by atoms with Crippen LogP contribution in [0.2, 0.25) is 0 Å². The molecule has 29 heavy (non-hydrogen) atoms. The van der Waals surface area contributed by atoms with Gasteiger partial charge in [-0.2, -0.15) is 5.10 Å². The van der Waals surface area contributed by atoms with Gasteiger partial charge in [-0.25, -0.2) is 22.2 Å². The average molecular weight is 414 g/mol. The molecule has 2 aromatic carbocycles. The van der Waals surface area contributed by atoms with Crippen LogP contribution in [0.5, 0.6) is 0 Å². The lowest BCUT2D eigenvalue weighted by Crippen LogP contribution is -2.35. The Bertz CT molecular complexity index is 1060. The number of hydrogen-bond donors (Lipinski definition) is 2. The first-order valence-corrected chi connectivity index (χ1v) is 10.4. The third kappa shape index (κ3) is 5.01. The normalized spacial score (nSPS) is 11.4. The number of sulfonamides is 1. The average Bonchev–Trinajstić information content (AvgIpc) is 3.26. The van der Waals surface area contributed by atoms with Gasteiger partial charge >= 0.3 is 6.03 Å². The van der Waals surface area contributed by atoms with E-state index in [1.807, 2.05) is 36.5 Å². The fourth-order valence-corrected chi connectivity index (χ4v) is 3.82. The minimum Gasteiger partial charge on any atom is -0.334 e. The van der Waals surface area contributed by atoms with Crippen LogP contribution in [0.25, 0.3) is 5.69 Å². The number of aromatic nitrogens is 2. The Balaban J connectivity index is 1.56. The van der Waals surface area contributed by atoms with E-state index in [9.17, 15) is 13.2 Å². The van der Waals surface area contributed by atoms with E-state index in [-0.39, 0.29) is 17.5 Å². The smallest absolute Gasteiger partial charge is 0.315 e. The van der Waals surface area contributed by atoms with E-state index in [0.717, 1.165) is 15.6 Å². The van der Waals surface area contributed by atoms with Crippen LogP contribution in [0, 0.1) is 0 Å². The molecule has 0 radical (unpaired) electrons. The van der Waals surface area contributed by atoms with Gasteiger partial charge in [0.05, 0.1) is 10.6 Å². The first-order chi connectivity index (χ1) is 13.9. The molecule has 152 valence electrons. The molecule has 9 heteroatoms. The van der Waals surface area contributed by atoms with Gasteiger partial charge in [-0.1, -0.05) is 30.3 Å². The second-order valence-electron chi connectivity index (χ2n) is 6.55. The summed E-state index contributed by atoms with van der Waals surface area (Å²) in [6, 6.07) is 15.8. The summed E-state index contributed by atoms with van der Waals surface area (Å²) < 4.78 is 27.7. The van der Waals surface area contributed by atoms with Crippen LogP contribution in [0.15, 0.2) is 71.9 Å². The molecule has 0 bridgehead atoms. The molecule has 0 saturated heterocycles. The monoisotopic (exact) mass is 413 g/mol. The molecule has 2 amide bonds. The van der Waals surface area contributed by atoms with Gasteiger partial charge in [0.1, 0.15) is 0 Å². The van der Waals surface area contributed by atoms with Crippen molar-refractivity contribution in [1.82, 2.24) is 24.7 Å². The lowest BCUT2D eigenvalue weighted by atomic mass is 10.2. The molecular formula is C20H23N5O3S. The Kier molecular flexibility index (Phi) is 6.30. The third-order valence-electron chi connectivity index (χ3n) is 4.33. The van der Waals surface area contributed by atoms with Gasteiger partial charge < -0.3 is 10.6 Å². The zero-order valence-electron chi connectivity index (χ0n) is 16.2. The maximum atomic E-state index is 12.4. The summed E-state index contributed by atoms with van der Waals surface area (Å²) in [4.78, 5) is 12.3. The first kappa shape index (κ1) is 20.6. The zero-order valence-corrected chi connectivity index (χ0v) is 17.1. The summed E-state index contributed by atoms with van der Waals surface area (Å²) in [7, 11) is -0.627. The Morgan fingerprint density at radius 2 is 1.69 bits per heavy atom. The summed E-state index contributed by atoms with van der Waals surface area (Å²) in [5, 5.41) is 9.65. The van der Waals surface area contributed by atoms with Crippen molar-refractivity contribution >= 4 is 16.1 Å². The molecule has 0 unspecified atom stereocenters. The lowest BCUT2D eigenvalue weighted by molar-refractivity contribution is 0.240. The summed E-state index contributed by atoms with van der Waals surface area (Å²) in [5.74, 6) is 0. The SMILES string of the molecule is CN(C)S(=O)(=O)c1ccccc1CNC(=O)NCc1ccc(-n2cccn2)cc1. The van der Waals surface area contributed by atoms with Gasteiger partial charge in [-0.05, 0) is 35.4 Å². The molecule has 1 heterocycles. The van der Waals surface area contributed by atoms with E-state index >= 15 is 0 Å². The van der Waals surface area contributed by atoms with Crippen LogP contribution in [-0.4, -0.2) is 42.6 Å². The van der Waals surface area contributed by atoms with Gasteiger partial charge in [0.25, 0.3) is 0 Å². The molecule has 0 aliphatic carbocycles. The molecule has 2 N–H and O–H groups in total. The molecule has 0 spiro atoms. The first-order valence-electron chi connectivity index (χ1n) is 8.99. The minimum absolute atomic E-state index is 0.104. The molecule has 0 aliphatic rings. The molecule has 0 saturated carbocycles. The van der Waals surface area contributed by atoms with Crippen LogP contribution in [0.1, 0.15) is 11.1 Å². The van der Waals surface area contributed by atoms with E-state index in [1.165, 1.54) is 20.2 Å². The molecule has 0 fully saturated rings. The topological polar surface area (TPSA) is 96.3 Å². The highest BCUT2D eigenvalue weighted by molar-refractivity contribution is 7.89. The predicted octanol–water partition coefficient (Wildman–Crippen LogP) is 2.12. The molecule has 0 aliphatic heterocycles. The maximum Gasteiger partial charge on any atom is 0.315 e. The summed E-state index contributed by atoms with van der Waals surface area (Å²) >= 11 is 0. The molecule has 3 aromatic rings. The Morgan fingerprint density at radius 3 is 2.34 bits per heavy atom. The van der Waals surface area contributed by atoms with Crippen molar-refractivity contribution in [3.05, 3.63) is 78.1 Å². The van der Waals surface area contributed by atoms with Crippen molar-refractivity contribution < 1.29 is 13.2 Å². The molecular weight excluding hydrogens is 390 g/mol. The van der Waals surface area contributed by atoms with Crippen molar-refractivity contribution in [2.45, 2.75) is 18.0 Å². The van der Waals surface area contributed by atoms with Crippen molar-refractivity contribution in [1.29, 1.82) is 0 Å². The van der Waals surface area contributed by atoms with Gasteiger partial charge in [-0.15, -0.1) is 0 Å². The second-order valence-corrected chi connectivity index (χ2v) is 8.67. The van der Waals surface area contributed by atoms with Crippen molar-refractivity contribution in [3.63, 3.8) is 0 Å². The van der Waals surface area contributed by atoms with Gasteiger partial charge in [0.2, 0.25) is 10.0 Å². The van der Waals surface area contributed by atoms with Gasteiger partial charge in [-0.3, -0.25) is 0 Å². The van der Waals surface area contributed by atoms with Gasteiger partial charge in [0.15, 0.2) is 0 Å². The number of nitrogens with one attached hydrogen (secondary N) is 2. The fraction of sp³-hybridized carbons (Fsp3) is 0.200. The quantitative estimate of drug-likeness (QED) is 0.620. The van der Waals surface area contributed by atoms with Crippen LogP contribution >= 0.6 is 0 Å². The summed E-state index contributed by atoms with van der Waals surface area (Å²) in [6.07, 6.45) is 3.57. The number of urea groups is 1. The second kappa shape index (κ2) is 8.89. The highest BCUT2D eigenvalue weighted by atomic mass is 32.2. The van der Waals surface area contributed by atoms with Crippen molar-refractivity contribution in [3.8, 4) is 5.69 Å². The molecule has 0 atom stereocenters. The van der Waals surface area contributed by atoms with Crippen LogP contribution < -0.4 is 10.6 Å². The lowest BCUT2D eigenvalue weighted by Gasteiger charge is -2.15. The number of carbonyl (C=O) groups is 1. The number of benzene rings is 2. The number of nitrogens with zero attached hydrogens (tertiary/aromatic N) is 3. The minimum atomic E-state index is -3.58. The standard InChI is InChI=1S/C20H23N5O3S/c1-24(2)29(27,28)19-7-4-3-6-17(19)15-22-20(26)21-14-16-8-10-18(11-9-16)25-13-5-12-23-25/h3-13H,14-15H2,1-2H3,(H2,21,22,26). The maximum absolute atomic E-state index is 12.4. The van der Waals surface area contributed by atoms with Crippen molar-refractivity contribution in [2.24, 2.45) is 0 Å². The van der Waals surface area contributed by atoms with Crippen LogP contribution in [-0.2, 0) is 23.1 Å². The van der Waals surface area contributed by atoms with Crippen LogP contribution in [0.3, 0.4) is 0 Å². The fourth-order valence-electron chi connectivity index (χ4n) is 2.71. The Morgan fingerprint density at radius 1 is 1.00 bits per heavy atom. The summed E-state index contributed by atoms with van der Waals surface area (Å²) in [6.45, 7) is 0.455. The van der Waals surface area contributed by atoms with Crippen LogP contribution in [0.4, 0.5) is 4.79 Å². The summed E-state index contributed by atoms with van der Waals surface area (Å²) in [5.41, 5.74) is 2.40. The largest absolute Gasteiger partial charge is 0.334 e. The number of amides is 2. The van der Waals surface area contributed by atoms with E-state index in [4.69, 9.17) is 0 Å². The highest BCUT2D eigenvalue weighted by Gasteiger charge is 2.20. The molecule has 8 nitrogen and oxygen atoms in total. The number of hydrogen-bond acceptors (Lipinski definition) is 4. The van der Waals surface area contributed by atoms with Gasteiger partial charge in [0, 0.05) is 39.6 Å². The number of carbonyl (C=O) groups excluding carboxylic acids is 1. The van der Waals surface area contributed by atoms with E-state index in [0.29, 0.717) is 12.1 Å². The van der Waals surface area contributed by atoms with E-state index in [1.54, 1.807) is 29.1 Å². The Hall–Kier alpha value is -3.17. The predicted molar refractivity (Wildman–Crippen MR) is 110 cm³/mol.